The largest absolute Gasteiger partial charge is 0.481 e. The van der Waals surface area contributed by atoms with E-state index in [0.29, 0.717) is 0 Å². The predicted octanol–water partition coefficient (Wildman–Crippen LogP) is 2.02. The van der Waals surface area contributed by atoms with Crippen molar-refractivity contribution in [2.75, 3.05) is 13.1 Å². The van der Waals surface area contributed by atoms with Crippen LogP contribution >= 0.6 is 0 Å². The van der Waals surface area contributed by atoms with Crippen molar-refractivity contribution in [3.8, 4) is 0 Å². The van der Waals surface area contributed by atoms with Crippen LogP contribution in [0.4, 0.5) is 0 Å². The standard InChI is InChI=1S/C13H20N2O2/c16-13(17)8-12-7-11(9-14-12)10-15-5-3-1-2-4-6-15/h7,9,14H,1-6,8,10H2,(H,16,17). The van der Waals surface area contributed by atoms with E-state index in [2.05, 4.69) is 9.88 Å². The van der Waals surface area contributed by atoms with Crippen molar-refractivity contribution in [2.24, 2.45) is 0 Å². The van der Waals surface area contributed by atoms with E-state index in [4.69, 9.17) is 5.11 Å². The van der Waals surface area contributed by atoms with Gasteiger partial charge in [-0.15, -0.1) is 0 Å². The fourth-order valence-electron chi connectivity index (χ4n) is 2.40. The molecular formula is C13H20N2O2. The summed E-state index contributed by atoms with van der Waals surface area (Å²) >= 11 is 0. The Labute approximate surface area is 102 Å². The zero-order valence-electron chi connectivity index (χ0n) is 10.1. The lowest BCUT2D eigenvalue weighted by Gasteiger charge is -2.18. The molecule has 1 aromatic rings. The van der Waals surface area contributed by atoms with Crippen molar-refractivity contribution in [1.29, 1.82) is 0 Å². The van der Waals surface area contributed by atoms with E-state index in [0.717, 1.165) is 12.2 Å². The zero-order valence-corrected chi connectivity index (χ0v) is 10.1. The summed E-state index contributed by atoms with van der Waals surface area (Å²) in [6, 6.07) is 1.97. The summed E-state index contributed by atoms with van der Waals surface area (Å²) < 4.78 is 0. The monoisotopic (exact) mass is 236 g/mol. The van der Waals surface area contributed by atoms with E-state index in [1.807, 2.05) is 12.3 Å². The van der Waals surface area contributed by atoms with Gasteiger partial charge in [-0.2, -0.15) is 0 Å². The Bertz CT molecular complexity index is 365. The van der Waals surface area contributed by atoms with Crippen LogP contribution in [0, 0.1) is 0 Å². The first-order valence-electron chi connectivity index (χ1n) is 6.34. The van der Waals surface area contributed by atoms with Crippen LogP contribution in [0.15, 0.2) is 12.3 Å². The van der Waals surface area contributed by atoms with Crippen LogP contribution in [-0.4, -0.2) is 34.0 Å². The van der Waals surface area contributed by atoms with Gasteiger partial charge in [0.1, 0.15) is 0 Å². The lowest BCUT2D eigenvalue weighted by atomic mass is 10.2. The van der Waals surface area contributed by atoms with E-state index < -0.39 is 5.97 Å². The molecule has 1 saturated heterocycles. The molecule has 2 N–H and O–H groups in total. The van der Waals surface area contributed by atoms with Crippen molar-refractivity contribution in [2.45, 2.75) is 38.6 Å². The van der Waals surface area contributed by atoms with Gasteiger partial charge >= 0.3 is 5.97 Å². The number of carboxylic acid groups (broad SMARTS) is 1. The van der Waals surface area contributed by atoms with Crippen LogP contribution in [0.25, 0.3) is 0 Å². The van der Waals surface area contributed by atoms with Crippen molar-refractivity contribution >= 4 is 5.97 Å². The third kappa shape index (κ3) is 3.89. The Morgan fingerprint density at radius 3 is 2.65 bits per heavy atom. The molecule has 1 aromatic heterocycles. The summed E-state index contributed by atoms with van der Waals surface area (Å²) in [5.41, 5.74) is 1.99. The highest BCUT2D eigenvalue weighted by Crippen LogP contribution is 2.14. The number of rotatable bonds is 4. The molecule has 94 valence electrons. The summed E-state index contributed by atoms with van der Waals surface area (Å²) in [5.74, 6) is -0.784. The molecule has 17 heavy (non-hydrogen) atoms. The van der Waals surface area contributed by atoms with Crippen LogP contribution in [-0.2, 0) is 17.8 Å². The summed E-state index contributed by atoms with van der Waals surface area (Å²) in [5, 5.41) is 8.70. The molecule has 2 heterocycles. The van der Waals surface area contributed by atoms with Crippen LogP contribution in [0.5, 0.6) is 0 Å². The highest BCUT2D eigenvalue weighted by Gasteiger charge is 2.11. The quantitative estimate of drug-likeness (QED) is 0.841. The van der Waals surface area contributed by atoms with E-state index in [9.17, 15) is 4.79 Å². The van der Waals surface area contributed by atoms with Gasteiger partial charge in [-0.25, -0.2) is 0 Å². The molecule has 0 bridgehead atoms. The predicted molar refractivity (Wildman–Crippen MR) is 65.9 cm³/mol. The zero-order chi connectivity index (χ0) is 12.1. The molecule has 0 atom stereocenters. The second-order valence-corrected chi connectivity index (χ2v) is 4.79. The first kappa shape index (κ1) is 12.2. The number of likely N-dealkylation sites (tertiary alicyclic amines) is 1. The van der Waals surface area contributed by atoms with Crippen LogP contribution in [0.1, 0.15) is 36.9 Å². The van der Waals surface area contributed by atoms with Gasteiger partial charge in [-0.1, -0.05) is 12.8 Å². The summed E-state index contributed by atoms with van der Waals surface area (Å²) in [7, 11) is 0. The number of nitrogens with one attached hydrogen (secondary N) is 1. The Morgan fingerprint density at radius 1 is 1.29 bits per heavy atom. The highest BCUT2D eigenvalue weighted by molar-refractivity contribution is 5.69. The van der Waals surface area contributed by atoms with Gasteiger partial charge in [0, 0.05) is 18.4 Å². The van der Waals surface area contributed by atoms with Gasteiger partial charge in [0.05, 0.1) is 6.42 Å². The Balaban J connectivity index is 1.89. The van der Waals surface area contributed by atoms with Crippen molar-refractivity contribution in [3.05, 3.63) is 23.5 Å². The Kier molecular flexibility index (Phi) is 4.20. The van der Waals surface area contributed by atoms with Gasteiger partial charge in [0.2, 0.25) is 0 Å². The molecule has 0 unspecified atom stereocenters. The number of aliphatic carboxylic acids is 1. The molecule has 0 aliphatic carbocycles. The first-order valence-corrected chi connectivity index (χ1v) is 6.34. The Hall–Kier alpha value is -1.29. The molecule has 1 aliphatic heterocycles. The van der Waals surface area contributed by atoms with Crippen molar-refractivity contribution in [1.82, 2.24) is 9.88 Å². The van der Waals surface area contributed by atoms with Gasteiger partial charge in [-0.05, 0) is 37.6 Å². The molecule has 0 radical (unpaired) electrons. The third-order valence-electron chi connectivity index (χ3n) is 3.25. The maximum atomic E-state index is 10.6. The molecule has 0 amide bonds. The third-order valence-corrected chi connectivity index (χ3v) is 3.25. The van der Waals surface area contributed by atoms with Gasteiger partial charge in [0.15, 0.2) is 0 Å². The number of carboxylic acids is 1. The van der Waals surface area contributed by atoms with E-state index in [-0.39, 0.29) is 6.42 Å². The minimum absolute atomic E-state index is 0.0833. The number of carbonyl (C=O) groups is 1. The Morgan fingerprint density at radius 2 is 2.00 bits per heavy atom. The lowest BCUT2D eigenvalue weighted by Crippen LogP contribution is -2.23. The summed E-state index contributed by atoms with van der Waals surface area (Å²) in [4.78, 5) is 16.1. The lowest BCUT2D eigenvalue weighted by molar-refractivity contribution is -0.136. The summed E-state index contributed by atoms with van der Waals surface area (Å²) in [6.07, 6.45) is 7.27. The average molecular weight is 236 g/mol. The van der Waals surface area contributed by atoms with Crippen LogP contribution < -0.4 is 0 Å². The second-order valence-electron chi connectivity index (χ2n) is 4.79. The number of hydrogen-bond donors (Lipinski definition) is 2. The highest BCUT2D eigenvalue weighted by atomic mass is 16.4. The van der Waals surface area contributed by atoms with Crippen molar-refractivity contribution in [3.63, 3.8) is 0 Å². The molecule has 0 spiro atoms. The maximum absolute atomic E-state index is 10.6. The molecule has 4 heteroatoms. The first-order chi connectivity index (χ1) is 8.24. The van der Waals surface area contributed by atoms with Crippen LogP contribution in [0.2, 0.25) is 0 Å². The van der Waals surface area contributed by atoms with E-state index >= 15 is 0 Å². The van der Waals surface area contributed by atoms with Gasteiger partial charge in [0.25, 0.3) is 0 Å². The smallest absolute Gasteiger partial charge is 0.309 e. The van der Waals surface area contributed by atoms with Crippen molar-refractivity contribution < 1.29 is 9.90 Å². The summed E-state index contributed by atoms with van der Waals surface area (Å²) in [6.45, 7) is 3.27. The number of hydrogen-bond acceptors (Lipinski definition) is 2. The van der Waals surface area contributed by atoms with E-state index in [1.54, 1.807) is 0 Å². The van der Waals surface area contributed by atoms with Crippen LogP contribution in [0.3, 0.4) is 0 Å². The SMILES string of the molecule is O=C(O)Cc1cc(CN2CCCCCC2)c[nH]1. The van der Waals surface area contributed by atoms with Gasteiger partial charge in [-0.3, -0.25) is 9.69 Å². The molecule has 1 aliphatic rings. The fraction of sp³-hybridized carbons (Fsp3) is 0.615. The van der Waals surface area contributed by atoms with Gasteiger partial charge < -0.3 is 10.1 Å². The fourth-order valence-corrected chi connectivity index (χ4v) is 2.40. The molecule has 1 fully saturated rings. The molecule has 0 saturated carbocycles. The maximum Gasteiger partial charge on any atom is 0.309 e. The number of H-pyrrole nitrogens is 1. The number of nitrogens with zero attached hydrogens (tertiary/aromatic N) is 1. The molecular weight excluding hydrogens is 216 g/mol. The molecule has 2 rings (SSSR count). The molecule has 0 aromatic carbocycles. The molecule has 4 nitrogen and oxygen atoms in total. The topological polar surface area (TPSA) is 56.3 Å². The number of aromatic amines is 1. The minimum atomic E-state index is -0.784. The second kappa shape index (κ2) is 5.87. The normalized spacial score (nSPS) is 17.9. The average Bonchev–Trinajstić information content (AvgIpc) is 2.54. The minimum Gasteiger partial charge on any atom is -0.481 e. The number of aromatic nitrogens is 1. The van der Waals surface area contributed by atoms with E-state index in [1.165, 1.54) is 44.3 Å².